The quantitative estimate of drug-likeness (QED) is 0.462. The van der Waals surface area contributed by atoms with Crippen LogP contribution in [0.5, 0.6) is 17.2 Å². The topological polar surface area (TPSA) is 82.8 Å². The lowest BCUT2D eigenvalue weighted by Gasteiger charge is -2.10. The molecule has 2 heterocycles. The van der Waals surface area contributed by atoms with Crippen LogP contribution in [0, 0.1) is 0 Å². The van der Waals surface area contributed by atoms with Crippen molar-refractivity contribution in [2.45, 2.75) is 0 Å². The summed E-state index contributed by atoms with van der Waals surface area (Å²) in [4.78, 5) is 17.0. The van der Waals surface area contributed by atoms with Crippen LogP contribution in [0.15, 0.2) is 57.1 Å². The highest BCUT2D eigenvalue weighted by molar-refractivity contribution is 7.14. The average Bonchev–Trinajstić information content (AvgIpc) is 3.21. The van der Waals surface area contributed by atoms with Gasteiger partial charge in [0.15, 0.2) is 5.13 Å². The summed E-state index contributed by atoms with van der Waals surface area (Å²) in [5.41, 5.74) is 1.67. The predicted molar refractivity (Wildman–Crippen MR) is 113 cm³/mol. The number of thiazole rings is 1. The molecule has 0 amide bonds. The molecule has 0 unspecified atom stereocenters. The smallest absolute Gasteiger partial charge is 0.345 e. The summed E-state index contributed by atoms with van der Waals surface area (Å²) in [5.74, 6) is 2.03. The van der Waals surface area contributed by atoms with Crippen LogP contribution in [-0.2, 0) is 0 Å². The molecule has 0 aliphatic carbocycles. The first-order valence-corrected chi connectivity index (χ1v) is 9.56. The van der Waals surface area contributed by atoms with Crippen LogP contribution in [0.1, 0.15) is 0 Å². The third kappa shape index (κ3) is 3.74. The van der Waals surface area contributed by atoms with Gasteiger partial charge >= 0.3 is 5.63 Å². The lowest BCUT2D eigenvalue weighted by Crippen LogP contribution is -2.03. The van der Waals surface area contributed by atoms with Crippen LogP contribution in [0.3, 0.4) is 0 Å². The molecule has 2 aromatic carbocycles. The number of nitrogens with zero attached hydrogens (tertiary/aromatic N) is 1. The molecule has 7 nitrogen and oxygen atoms in total. The molecule has 0 spiro atoms. The number of nitrogens with one attached hydrogen (secondary N) is 1. The standard InChI is InChI=1S/C21H18N2O5S/c1-25-13-4-6-18-12(8-13)9-15(20(24)28-18)17-11-29-21(23-17)22-16-10-14(26-2)5-7-19(16)27-3/h4-11H,1-3H3,(H,22,23). The maximum absolute atomic E-state index is 12.4. The van der Waals surface area contributed by atoms with E-state index in [2.05, 4.69) is 10.3 Å². The first-order chi connectivity index (χ1) is 14.1. The Morgan fingerprint density at radius 1 is 0.966 bits per heavy atom. The van der Waals surface area contributed by atoms with E-state index in [0.717, 1.165) is 5.39 Å². The maximum Gasteiger partial charge on any atom is 0.345 e. The molecule has 0 saturated heterocycles. The third-order valence-corrected chi connectivity index (χ3v) is 5.13. The van der Waals surface area contributed by atoms with Crippen LogP contribution in [0.25, 0.3) is 22.2 Å². The molecule has 2 aromatic heterocycles. The molecule has 0 bridgehead atoms. The van der Waals surface area contributed by atoms with Gasteiger partial charge in [-0.2, -0.15) is 0 Å². The molecule has 148 valence electrons. The zero-order valence-electron chi connectivity index (χ0n) is 16.0. The monoisotopic (exact) mass is 410 g/mol. The van der Waals surface area contributed by atoms with Gasteiger partial charge in [-0.25, -0.2) is 9.78 Å². The fourth-order valence-corrected chi connectivity index (χ4v) is 3.61. The largest absolute Gasteiger partial charge is 0.497 e. The molecule has 4 aromatic rings. The third-order valence-electron chi connectivity index (χ3n) is 4.37. The van der Waals surface area contributed by atoms with Gasteiger partial charge in [-0.15, -0.1) is 11.3 Å². The van der Waals surface area contributed by atoms with Gasteiger partial charge in [0, 0.05) is 16.8 Å². The maximum atomic E-state index is 12.4. The summed E-state index contributed by atoms with van der Waals surface area (Å²) in [6.07, 6.45) is 0. The van der Waals surface area contributed by atoms with Gasteiger partial charge in [0.25, 0.3) is 0 Å². The summed E-state index contributed by atoms with van der Waals surface area (Å²) >= 11 is 1.37. The van der Waals surface area contributed by atoms with Gasteiger partial charge in [-0.1, -0.05) is 0 Å². The van der Waals surface area contributed by atoms with Crippen LogP contribution in [-0.4, -0.2) is 26.3 Å². The highest BCUT2D eigenvalue weighted by Crippen LogP contribution is 2.34. The number of hydrogen-bond donors (Lipinski definition) is 1. The van der Waals surface area contributed by atoms with Crippen molar-refractivity contribution in [1.82, 2.24) is 4.98 Å². The second kappa shape index (κ2) is 7.84. The number of ether oxygens (including phenoxy) is 3. The normalized spacial score (nSPS) is 10.7. The Morgan fingerprint density at radius 2 is 1.72 bits per heavy atom. The van der Waals surface area contributed by atoms with Gasteiger partial charge in [-0.05, 0) is 36.4 Å². The zero-order valence-corrected chi connectivity index (χ0v) is 16.8. The van der Waals surface area contributed by atoms with Gasteiger partial charge in [0.1, 0.15) is 22.8 Å². The van der Waals surface area contributed by atoms with Gasteiger partial charge in [0.2, 0.25) is 0 Å². The van der Waals surface area contributed by atoms with Crippen molar-refractivity contribution in [3.63, 3.8) is 0 Å². The summed E-state index contributed by atoms with van der Waals surface area (Å²) in [6, 6.07) is 12.5. The van der Waals surface area contributed by atoms with E-state index in [0.29, 0.717) is 44.9 Å². The summed E-state index contributed by atoms with van der Waals surface area (Å²) < 4.78 is 21.3. The van der Waals surface area contributed by atoms with E-state index >= 15 is 0 Å². The van der Waals surface area contributed by atoms with Crippen molar-refractivity contribution in [2.24, 2.45) is 0 Å². The molecule has 8 heteroatoms. The first kappa shape index (κ1) is 18.8. The molecular weight excluding hydrogens is 392 g/mol. The summed E-state index contributed by atoms with van der Waals surface area (Å²) in [7, 11) is 4.78. The molecule has 0 fully saturated rings. The van der Waals surface area contributed by atoms with E-state index in [-0.39, 0.29) is 0 Å². The van der Waals surface area contributed by atoms with Crippen molar-refractivity contribution < 1.29 is 18.6 Å². The Labute approximate surface area is 170 Å². The lowest BCUT2D eigenvalue weighted by atomic mass is 10.1. The Morgan fingerprint density at radius 3 is 2.48 bits per heavy atom. The molecule has 0 aliphatic heterocycles. The van der Waals surface area contributed by atoms with E-state index in [4.69, 9.17) is 18.6 Å². The SMILES string of the molecule is COc1ccc(OC)c(Nc2nc(-c3cc4cc(OC)ccc4oc3=O)cs2)c1. The molecule has 0 atom stereocenters. The van der Waals surface area contributed by atoms with Crippen LogP contribution in [0.2, 0.25) is 0 Å². The number of fused-ring (bicyclic) bond motifs is 1. The van der Waals surface area contributed by atoms with E-state index in [1.54, 1.807) is 51.0 Å². The first-order valence-electron chi connectivity index (χ1n) is 8.68. The van der Waals surface area contributed by atoms with Gasteiger partial charge in [0.05, 0.1) is 38.3 Å². The summed E-state index contributed by atoms with van der Waals surface area (Å²) in [5, 5.41) is 6.38. The Bertz CT molecular complexity index is 1230. The van der Waals surface area contributed by atoms with Crippen LogP contribution >= 0.6 is 11.3 Å². The minimum absolute atomic E-state index is 0.382. The molecule has 0 saturated carbocycles. The fourth-order valence-electron chi connectivity index (χ4n) is 2.89. The van der Waals surface area contributed by atoms with Gasteiger partial charge < -0.3 is 23.9 Å². The molecule has 4 rings (SSSR count). The Kier molecular flexibility index (Phi) is 5.09. The lowest BCUT2D eigenvalue weighted by molar-refractivity contribution is 0.405. The van der Waals surface area contributed by atoms with Crippen molar-refractivity contribution in [1.29, 1.82) is 0 Å². The molecule has 29 heavy (non-hydrogen) atoms. The van der Waals surface area contributed by atoms with Crippen molar-refractivity contribution >= 4 is 33.1 Å². The molecular formula is C21H18N2O5S. The minimum Gasteiger partial charge on any atom is -0.497 e. The predicted octanol–water partition coefficient (Wildman–Crippen LogP) is 4.69. The number of methoxy groups -OCH3 is 3. The summed E-state index contributed by atoms with van der Waals surface area (Å²) in [6.45, 7) is 0. The van der Waals surface area contributed by atoms with Crippen LogP contribution in [0.4, 0.5) is 10.8 Å². The van der Waals surface area contributed by atoms with E-state index in [1.807, 2.05) is 18.2 Å². The molecule has 0 aliphatic rings. The zero-order chi connectivity index (χ0) is 20.4. The van der Waals surface area contributed by atoms with Gasteiger partial charge in [-0.3, -0.25) is 0 Å². The van der Waals surface area contributed by atoms with E-state index in [9.17, 15) is 4.79 Å². The molecule has 1 N–H and O–H groups in total. The second-order valence-electron chi connectivity index (χ2n) is 6.08. The van der Waals surface area contributed by atoms with Crippen molar-refractivity contribution in [3.05, 3.63) is 58.3 Å². The Hall–Kier alpha value is -3.52. The number of hydrogen-bond acceptors (Lipinski definition) is 8. The average molecular weight is 410 g/mol. The second-order valence-corrected chi connectivity index (χ2v) is 6.94. The van der Waals surface area contributed by atoms with E-state index < -0.39 is 5.63 Å². The number of anilines is 2. The molecule has 0 radical (unpaired) electrons. The van der Waals surface area contributed by atoms with Crippen molar-refractivity contribution in [3.8, 4) is 28.5 Å². The number of rotatable bonds is 6. The van der Waals surface area contributed by atoms with E-state index in [1.165, 1.54) is 11.3 Å². The van der Waals surface area contributed by atoms with Crippen molar-refractivity contribution in [2.75, 3.05) is 26.6 Å². The highest BCUT2D eigenvalue weighted by atomic mass is 32.1. The fraction of sp³-hybridized carbons (Fsp3) is 0.143. The number of aromatic nitrogens is 1. The van der Waals surface area contributed by atoms with Crippen LogP contribution < -0.4 is 25.2 Å². The number of benzene rings is 2. The highest BCUT2D eigenvalue weighted by Gasteiger charge is 2.14. The minimum atomic E-state index is -0.446. The Balaban J connectivity index is 1.69.